The smallest absolute Gasteiger partial charge is 0.0252 e. The number of hydrogen-bond acceptors (Lipinski definition) is 0. The second-order valence-electron chi connectivity index (χ2n) is 4.67. The number of hydrogen-bond donors (Lipinski definition) is 0. The summed E-state index contributed by atoms with van der Waals surface area (Å²) in [5.41, 5.74) is 4.17. The van der Waals surface area contributed by atoms with Crippen LogP contribution in [0.1, 0.15) is 36.0 Å². The molecule has 0 spiro atoms. The molecule has 0 radical (unpaired) electrons. The fourth-order valence-corrected chi connectivity index (χ4v) is 3.01. The van der Waals surface area contributed by atoms with E-state index in [2.05, 4.69) is 84.4 Å². The molecule has 0 bridgehead atoms. The van der Waals surface area contributed by atoms with Gasteiger partial charge in [0.25, 0.3) is 0 Å². The molecule has 0 nitrogen and oxygen atoms in total. The average Bonchev–Trinajstić information content (AvgIpc) is 2.42. The lowest BCUT2D eigenvalue weighted by Crippen LogP contribution is -2.14. The Morgan fingerprint density at radius 3 is 2.17 bits per heavy atom. The van der Waals surface area contributed by atoms with Gasteiger partial charge in [0.1, 0.15) is 0 Å². The van der Waals surface area contributed by atoms with E-state index in [4.69, 9.17) is 0 Å². The monoisotopic (exact) mass is 302 g/mol. The second-order valence-corrected chi connectivity index (χ2v) is 5.85. The first-order valence-electron chi connectivity index (χ1n) is 6.48. The number of benzene rings is 2. The molecule has 2 rings (SSSR count). The highest BCUT2D eigenvalue weighted by Gasteiger charge is 2.22. The first-order chi connectivity index (χ1) is 8.74. The van der Waals surface area contributed by atoms with Crippen molar-refractivity contribution in [2.45, 2.75) is 31.0 Å². The quantitative estimate of drug-likeness (QED) is 0.672. The SMILES string of the molecule is CCC(Br)C(c1ccccc1)c1ccccc1C. The van der Waals surface area contributed by atoms with Crippen molar-refractivity contribution >= 4 is 15.9 Å². The zero-order chi connectivity index (χ0) is 13.0. The lowest BCUT2D eigenvalue weighted by molar-refractivity contribution is 0.725. The molecule has 2 atom stereocenters. The van der Waals surface area contributed by atoms with Gasteiger partial charge >= 0.3 is 0 Å². The van der Waals surface area contributed by atoms with Crippen LogP contribution in [0.4, 0.5) is 0 Å². The summed E-state index contributed by atoms with van der Waals surface area (Å²) in [5, 5.41) is 0. The summed E-state index contributed by atoms with van der Waals surface area (Å²) in [7, 11) is 0. The molecule has 0 aromatic heterocycles. The molecule has 0 aliphatic carbocycles. The van der Waals surface area contributed by atoms with Crippen molar-refractivity contribution in [2.24, 2.45) is 0 Å². The van der Waals surface area contributed by atoms with Crippen molar-refractivity contribution < 1.29 is 0 Å². The van der Waals surface area contributed by atoms with Gasteiger partial charge in [0.15, 0.2) is 0 Å². The minimum atomic E-state index is 0.428. The third kappa shape index (κ3) is 2.84. The van der Waals surface area contributed by atoms with Crippen LogP contribution in [-0.4, -0.2) is 4.83 Å². The fourth-order valence-electron chi connectivity index (χ4n) is 2.42. The van der Waals surface area contributed by atoms with Crippen LogP contribution in [0.5, 0.6) is 0 Å². The number of rotatable bonds is 4. The molecule has 0 fully saturated rings. The minimum Gasteiger partial charge on any atom is -0.0880 e. The summed E-state index contributed by atoms with van der Waals surface area (Å²) >= 11 is 3.85. The molecule has 0 heterocycles. The fraction of sp³-hybridized carbons (Fsp3) is 0.294. The molecule has 0 N–H and O–H groups in total. The molecule has 0 amide bonds. The summed E-state index contributed by atoms with van der Waals surface area (Å²) in [6, 6.07) is 19.4. The zero-order valence-electron chi connectivity index (χ0n) is 10.9. The summed E-state index contributed by atoms with van der Waals surface area (Å²) < 4.78 is 0. The third-order valence-corrected chi connectivity index (χ3v) is 4.61. The molecule has 1 heteroatoms. The number of halogens is 1. The van der Waals surface area contributed by atoms with Gasteiger partial charge < -0.3 is 0 Å². The molecular weight excluding hydrogens is 284 g/mol. The van der Waals surface area contributed by atoms with E-state index in [0.717, 1.165) is 6.42 Å². The maximum atomic E-state index is 3.85. The maximum Gasteiger partial charge on any atom is 0.0252 e. The van der Waals surface area contributed by atoms with Crippen LogP contribution in [0.15, 0.2) is 54.6 Å². The Balaban J connectivity index is 2.47. The van der Waals surface area contributed by atoms with Crippen LogP contribution in [0.25, 0.3) is 0 Å². The van der Waals surface area contributed by atoms with Crippen LogP contribution >= 0.6 is 15.9 Å². The van der Waals surface area contributed by atoms with Gasteiger partial charge in [-0.15, -0.1) is 0 Å². The topological polar surface area (TPSA) is 0 Å². The average molecular weight is 303 g/mol. The van der Waals surface area contributed by atoms with Gasteiger partial charge in [0.05, 0.1) is 0 Å². The lowest BCUT2D eigenvalue weighted by atomic mass is 9.85. The Kier molecular flexibility index (Phi) is 4.60. The summed E-state index contributed by atoms with van der Waals surface area (Å²) in [6.07, 6.45) is 1.12. The van der Waals surface area contributed by atoms with E-state index >= 15 is 0 Å². The summed E-state index contributed by atoms with van der Waals surface area (Å²) in [6.45, 7) is 4.42. The second kappa shape index (κ2) is 6.19. The Morgan fingerprint density at radius 1 is 0.944 bits per heavy atom. The van der Waals surface area contributed by atoms with Crippen LogP contribution in [0.3, 0.4) is 0 Å². The molecule has 0 saturated heterocycles. The van der Waals surface area contributed by atoms with E-state index in [0.29, 0.717) is 10.7 Å². The summed E-state index contributed by atoms with van der Waals surface area (Å²) in [4.78, 5) is 0.473. The van der Waals surface area contributed by atoms with Crippen molar-refractivity contribution in [2.75, 3.05) is 0 Å². The van der Waals surface area contributed by atoms with Gasteiger partial charge in [-0.05, 0) is 30.0 Å². The van der Waals surface area contributed by atoms with Crippen molar-refractivity contribution in [3.8, 4) is 0 Å². The molecule has 2 aromatic carbocycles. The molecule has 0 aliphatic heterocycles. The molecular formula is C17H19Br. The van der Waals surface area contributed by atoms with Crippen molar-refractivity contribution in [3.05, 3.63) is 71.3 Å². The standard InChI is InChI=1S/C17H19Br/c1-3-16(18)17(14-10-5-4-6-11-14)15-12-8-7-9-13(15)2/h4-12,16-17H,3H2,1-2H3. The van der Waals surface area contributed by atoms with Gasteiger partial charge in [-0.25, -0.2) is 0 Å². The molecule has 2 unspecified atom stereocenters. The Bertz CT molecular complexity index is 490. The Hall–Kier alpha value is -1.08. The van der Waals surface area contributed by atoms with Crippen LogP contribution in [-0.2, 0) is 0 Å². The largest absolute Gasteiger partial charge is 0.0880 e. The minimum absolute atomic E-state index is 0.428. The van der Waals surface area contributed by atoms with Gasteiger partial charge in [0, 0.05) is 10.7 Å². The predicted octanol–water partition coefficient (Wildman–Crippen LogP) is 5.30. The number of alkyl halides is 1. The lowest BCUT2D eigenvalue weighted by Gasteiger charge is -2.24. The Morgan fingerprint density at radius 2 is 1.56 bits per heavy atom. The summed E-state index contributed by atoms with van der Waals surface area (Å²) in [5.74, 6) is 0.428. The van der Waals surface area contributed by atoms with E-state index in [9.17, 15) is 0 Å². The van der Waals surface area contributed by atoms with E-state index in [1.54, 1.807) is 0 Å². The van der Waals surface area contributed by atoms with Gasteiger partial charge in [-0.1, -0.05) is 77.5 Å². The van der Waals surface area contributed by atoms with Crippen molar-refractivity contribution in [1.29, 1.82) is 0 Å². The molecule has 2 aromatic rings. The van der Waals surface area contributed by atoms with E-state index in [-0.39, 0.29) is 0 Å². The van der Waals surface area contributed by atoms with Gasteiger partial charge in [0.2, 0.25) is 0 Å². The van der Waals surface area contributed by atoms with Crippen LogP contribution < -0.4 is 0 Å². The first kappa shape index (κ1) is 13.4. The van der Waals surface area contributed by atoms with Gasteiger partial charge in [-0.2, -0.15) is 0 Å². The van der Waals surface area contributed by atoms with Crippen LogP contribution in [0, 0.1) is 6.92 Å². The highest BCUT2D eigenvalue weighted by atomic mass is 79.9. The highest BCUT2D eigenvalue weighted by molar-refractivity contribution is 9.09. The number of aryl methyl sites for hydroxylation is 1. The van der Waals surface area contributed by atoms with E-state index in [1.165, 1.54) is 16.7 Å². The van der Waals surface area contributed by atoms with Gasteiger partial charge in [-0.3, -0.25) is 0 Å². The zero-order valence-corrected chi connectivity index (χ0v) is 12.5. The van der Waals surface area contributed by atoms with Crippen LogP contribution in [0.2, 0.25) is 0 Å². The third-order valence-electron chi connectivity index (χ3n) is 3.43. The Labute approximate surface area is 118 Å². The predicted molar refractivity (Wildman–Crippen MR) is 82.5 cm³/mol. The first-order valence-corrected chi connectivity index (χ1v) is 7.40. The maximum absolute atomic E-state index is 3.85. The van der Waals surface area contributed by atoms with Crippen molar-refractivity contribution in [1.82, 2.24) is 0 Å². The molecule has 0 aliphatic rings. The molecule has 0 saturated carbocycles. The highest BCUT2D eigenvalue weighted by Crippen LogP contribution is 2.35. The van der Waals surface area contributed by atoms with E-state index in [1.807, 2.05) is 0 Å². The molecule has 94 valence electrons. The van der Waals surface area contributed by atoms with Crippen molar-refractivity contribution in [3.63, 3.8) is 0 Å². The van der Waals surface area contributed by atoms with E-state index < -0.39 is 0 Å². The normalized spacial score (nSPS) is 14.2. The molecule has 18 heavy (non-hydrogen) atoms.